The second-order valence-electron chi connectivity index (χ2n) is 5.81. The summed E-state index contributed by atoms with van der Waals surface area (Å²) in [5.41, 5.74) is 4.85. The Morgan fingerprint density at radius 3 is 2.42 bits per heavy atom. The SMILES string of the molecule is COc1cc2ncc3ncn(-c4ccc(CSN)cc4)c3c2cc1OC. The van der Waals surface area contributed by atoms with Crippen molar-refractivity contribution in [3.8, 4) is 17.2 Å². The molecule has 0 aliphatic heterocycles. The number of rotatable bonds is 5. The molecule has 4 rings (SSSR count). The molecule has 6 nitrogen and oxygen atoms in total. The van der Waals surface area contributed by atoms with E-state index in [1.807, 2.05) is 18.5 Å². The third-order valence-electron chi connectivity index (χ3n) is 4.34. The Hall–Kier alpha value is -2.77. The number of aromatic nitrogens is 3. The van der Waals surface area contributed by atoms with Crippen LogP contribution in [0.3, 0.4) is 0 Å². The molecule has 7 heteroatoms. The van der Waals surface area contributed by atoms with Gasteiger partial charge in [-0.2, -0.15) is 0 Å². The summed E-state index contributed by atoms with van der Waals surface area (Å²) in [4.78, 5) is 9.02. The largest absolute Gasteiger partial charge is 0.493 e. The Morgan fingerprint density at radius 1 is 1.00 bits per heavy atom. The van der Waals surface area contributed by atoms with Crippen LogP contribution < -0.4 is 14.6 Å². The van der Waals surface area contributed by atoms with E-state index in [4.69, 9.17) is 14.6 Å². The second kappa shape index (κ2) is 6.86. The molecule has 0 bridgehead atoms. The van der Waals surface area contributed by atoms with Crippen LogP contribution >= 0.6 is 11.9 Å². The number of imidazole rings is 1. The van der Waals surface area contributed by atoms with E-state index in [1.54, 1.807) is 20.4 Å². The molecule has 2 aromatic heterocycles. The number of nitrogens with two attached hydrogens (primary N) is 1. The zero-order chi connectivity index (χ0) is 18.1. The minimum absolute atomic E-state index is 0.654. The molecule has 26 heavy (non-hydrogen) atoms. The molecule has 0 atom stereocenters. The molecule has 0 amide bonds. The second-order valence-corrected chi connectivity index (χ2v) is 6.43. The fourth-order valence-corrected chi connectivity index (χ4v) is 3.45. The number of pyridine rings is 1. The van der Waals surface area contributed by atoms with Gasteiger partial charge in [0.05, 0.1) is 31.4 Å². The average Bonchev–Trinajstić information content (AvgIpc) is 3.12. The number of fused-ring (bicyclic) bond motifs is 3. The van der Waals surface area contributed by atoms with Crippen molar-refractivity contribution in [2.75, 3.05) is 14.2 Å². The zero-order valence-corrected chi connectivity index (χ0v) is 15.3. The van der Waals surface area contributed by atoms with Crippen molar-refractivity contribution in [3.05, 3.63) is 54.5 Å². The van der Waals surface area contributed by atoms with Crippen LogP contribution in [-0.2, 0) is 5.75 Å². The molecule has 4 aromatic rings. The fourth-order valence-electron chi connectivity index (χ4n) is 3.06. The minimum Gasteiger partial charge on any atom is -0.493 e. The Kier molecular flexibility index (Phi) is 4.40. The molecule has 0 saturated heterocycles. The van der Waals surface area contributed by atoms with E-state index in [2.05, 4.69) is 38.8 Å². The molecule has 2 aromatic carbocycles. The van der Waals surface area contributed by atoms with Crippen LogP contribution in [0, 0.1) is 0 Å². The van der Waals surface area contributed by atoms with Gasteiger partial charge in [-0.25, -0.2) is 4.98 Å². The highest BCUT2D eigenvalue weighted by molar-refractivity contribution is 7.96. The summed E-state index contributed by atoms with van der Waals surface area (Å²) in [7, 11) is 3.25. The fraction of sp³-hybridized carbons (Fsp3) is 0.158. The highest BCUT2D eigenvalue weighted by Gasteiger charge is 2.14. The molecule has 0 spiro atoms. The smallest absolute Gasteiger partial charge is 0.162 e. The van der Waals surface area contributed by atoms with Crippen molar-refractivity contribution in [2.24, 2.45) is 5.14 Å². The topological polar surface area (TPSA) is 75.2 Å². The number of methoxy groups -OCH3 is 2. The van der Waals surface area contributed by atoms with Crippen molar-refractivity contribution in [1.29, 1.82) is 0 Å². The number of hydrogen-bond acceptors (Lipinski definition) is 6. The molecular formula is C19H18N4O2S. The lowest BCUT2D eigenvalue weighted by atomic mass is 10.1. The Labute approximate surface area is 155 Å². The first-order valence-corrected chi connectivity index (χ1v) is 9.09. The van der Waals surface area contributed by atoms with Gasteiger partial charge in [0.25, 0.3) is 0 Å². The van der Waals surface area contributed by atoms with Gasteiger partial charge in [-0.15, -0.1) is 0 Å². The molecule has 0 aliphatic carbocycles. The van der Waals surface area contributed by atoms with Gasteiger partial charge in [0.2, 0.25) is 0 Å². The van der Waals surface area contributed by atoms with Gasteiger partial charge in [-0.05, 0) is 23.8 Å². The molecule has 2 N–H and O–H groups in total. The first-order chi connectivity index (χ1) is 12.7. The van der Waals surface area contributed by atoms with Gasteiger partial charge in [-0.3, -0.25) is 14.7 Å². The Bertz CT molecular complexity index is 1080. The van der Waals surface area contributed by atoms with Crippen LogP contribution in [0.25, 0.3) is 27.6 Å². The molecule has 0 saturated carbocycles. The standard InChI is InChI=1S/C19H18N4O2S/c1-24-17-7-14-15(8-18(17)25-2)21-9-16-19(14)23(11-22-16)13-5-3-12(4-6-13)10-26-20/h3-9,11H,10,20H2,1-2H3. The molecule has 2 heterocycles. The molecular weight excluding hydrogens is 348 g/mol. The number of benzene rings is 2. The Morgan fingerprint density at radius 2 is 1.73 bits per heavy atom. The van der Waals surface area contributed by atoms with E-state index in [9.17, 15) is 0 Å². The average molecular weight is 366 g/mol. The van der Waals surface area contributed by atoms with Crippen LogP contribution in [0.2, 0.25) is 0 Å². The number of hydrogen-bond donors (Lipinski definition) is 1. The maximum absolute atomic E-state index is 5.55. The van der Waals surface area contributed by atoms with Crippen molar-refractivity contribution < 1.29 is 9.47 Å². The first kappa shape index (κ1) is 16.7. The van der Waals surface area contributed by atoms with E-state index in [1.165, 1.54) is 17.5 Å². The first-order valence-electron chi connectivity index (χ1n) is 8.04. The lowest BCUT2D eigenvalue weighted by Crippen LogP contribution is -1.96. The molecule has 0 unspecified atom stereocenters. The molecule has 0 aliphatic rings. The number of nitrogens with zero attached hydrogens (tertiary/aromatic N) is 3. The number of ether oxygens (including phenoxy) is 2. The summed E-state index contributed by atoms with van der Waals surface area (Å²) in [5, 5.41) is 6.51. The maximum Gasteiger partial charge on any atom is 0.162 e. The van der Waals surface area contributed by atoms with E-state index < -0.39 is 0 Å². The van der Waals surface area contributed by atoms with Gasteiger partial charge in [0.15, 0.2) is 11.5 Å². The van der Waals surface area contributed by atoms with Crippen molar-refractivity contribution >= 4 is 33.9 Å². The van der Waals surface area contributed by atoms with Crippen LogP contribution in [0.15, 0.2) is 48.9 Å². The van der Waals surface area contributed by atoms with E-state index in [-0.39, 0.29) is 0 Å². The van der Waals surface area contributed by atoms with Gasteiger partial charge in [-0.1, -0.05) is 24.1 Å². The summed E-state index contributed by atoms with van der Waals surface area (Å²) in [6.07, 6.45) is 3.59. The summed E-state index contributed by atoms with van der Waals surface area (Å²) >= 11 is 1.32. The van der Waals surface area contributed by atoms with E-state index in [0.29, 0.717) is 11.5 Å². The third-order valence-corrected chi connectivity index (χ3v) is 4.84. The maximum atomic E-state index is 5.55. The van der Waals surface area contributed by atoms with Crippen LogP contribution in [-0.4, -0.2) is 28.8 Å². The van der Waals surface area contributed by atoms with Crippen molar-refractivity contribution in [3.63, 3.8) is 0 Å². The van der Waals surface area contributed by atoms with Gasteiger partial charge < -0.3 is 9.47 Å². The third kappa shape index (κ3) is 2.75. The summed E-state index contributed by atoms with van der Waals surface area (Å²) < 4.78 is 12.9. The van der Waals surface area contributed by atoms with Gasteiger partial charge >= 0.3 is 0 Å². The summed E-state index contributed by atoms with van der Waals surface area (Å²) in [6.45, 7) is 0. The Balaban J connectivity index is 1.94. The highest BCUT2D eigenvalue weighted by Crippen LogP contribution is 2.35. The van der Waals surface area contributed by atoms with Crippen molar-refractivity contribution in [2.45, 2.75) is 5.75 Å². The van der Waals surface area contributed by atoms with Gasteiger partial charge in [0.1, 0.15) is 11.8 Å². The zero-order valence-electron chi connectivity index (χ0n) is 14.5. The van der Waals surface area contributed by atoms with Crippen LogP contribution in [0.4, 0.5) is 0 Å². The predicted molar refractivity (Wildman–Crippen MR) is 105 cm³/mol. The van der Waals surface area contributed by atoms with E-state index >= 15 is 0 Å². The lowest BCUT2D eigenvalue weighted by molar-refractivity contribution is 0.356. The van der Waals surface area contributed by atoms with Crippen LogP contribution in [0.1, 0.15) is 5.56 Å². The predicted octanol–water partition coefficient (Wildman–Crippen LogP) is 3.70. The highest BCUT2D eigenvalue weighted by atomic mass is 32.2. The molecule has 0 radical (unpaired) electrons. The van der Waals surface area contributed by atoms with Crippen molar-refractivity contribution in [1.82, 2.24) is 14.5 Å². The quantitative estimate of drug-likeness (QED) is 0.543. The summed E-state index contributed by atoms with van der Waals surface area (Å²) in [6, 6.07) is 12.1. The molecule has 0 fully saturated rings. The molecule has 132 valence electrons. The normalized spacial score (nSPS) is 11.2. The summed E-state index contributed by atoms with van der Waals surface area (Å²) in [5.74, 6) is 2.10. The minimum atomic E-state index is 0.654. The van der Waals surface area contributed by atoms with Gasteiger partial charge in [0, 0.05) is 22.9 Å². The lowest BCUT2D eigenvalue weighted by Gasteiger charge is -2.11. The monoisotopic (exact) mass is 366 g/mol. The van der Waals surface area contributed by atoms with Crippen LogP contribution in [0.5, 0.6) is 11.5 Å². The van der Waals surface area contributed by atoms with E-state index in [0.717, 1.165) is 33.4 Å².